The Morgan fingerprint density at radius 2 is 2.09 bits per heavy atom. The molecule has 3 rings (SSSR count). The number of aromatic nitrogens is 2. The molecule has 0 unspecified atom stereocenters. The average Bonchev–Trinajstić information content (AvgIpc) is 2.99. The molecule has 116 valence electrons. The van der Waals surface area contributed by atoms with Crippen LogP contribution in [0.4, 0.5) is 0 Å². The van der Waals surface area contributed by atoms with Crippen LogP contribution in [-0.4, -0.2) is 26.1 Å². The Labute approximate surface area is 137 Å². The molecular weight excluding hydrogens is 292 g/mol. The van der Waals surface area contributed by atoms with Gasteiger partial charge in [-0.25, -0.2) is 0 Å². The summed E-state index contributed by atoms with van der Waals surface area (Å²) in [6.45, 7) is 7.34. The summed E-state index contributed by atoms with van der Waals surface area (Å²) in [6.07, 6.45) is 1.84. The molecular formula is C17H22N4S. The maximum atomic E-state index is 5.56. The number of hydrogen-bond donors (Lipinski definition) is 1. The smallest absolute Gasteiger partial charge is 0.170 e. The minimum Gasteiger partial charge on any atom is -0.352 e. The van der Waals surface area contributed by atoms with Crippen molar-refractivity contribution in [2.75, 3.05) is 6.54 Å². The molecule has 1 N–H and O–H groups in total. The van der Waals surface area contributed by atoms with Gasteiger partial charge in [0.25, 0.3) is 0 Å². The van der Waals surface area contributed by atoms with Gasteiger partial charge < -0.3 is 14.8 Å². The zero-order chi connectivity index (χ0) is 15.9. The molecule has 0 saturated carbocycles. The minimum atomic E-state index is 0.0918. The molecule has 0 aliphatic carbocycles. The van der Waals surface area contributed by atoms with Crippen molar-refractivity contribution < 1.29 is 0 Å². The summed E-state index contributed by atoms with van der Waals surface area (Å²) in [5.41, 5.74) is 4.91. The first-order chi connectivity index (χ1) is 10.5. The molecule has 1 saturated heterocycles. The van der Waals surface area contributed by atoms with E-state index in [4.69, 9.17) is 12.2 Å². The van der Waals surface area contributed by atoms with Gasteiger partial charge in [-0.2, -0.15) is 0 Å². The summed E-state index contributed by atoms with van der Waals surface area (Å²) in [4.78, 5) is 6.80. The van der Waals surface area contributed by atoms with E-state index in [-0.39, 0.29) is 12.1 Å². The second-order valence-corrected chi connectivity index (χ2v) is 6.18. The molecule has 0 spiro atoms. The molecule has 0 bridgehead atoms. The SMILES string of the molecule is CCN1C(=S)N[C@@H](c2ccccn2)[C@H]1c1cc(C)n(C)c1C. The van der Waals surface area contributed by atoms with Gasteiger partial charge in [-0.3, -0.25) is 4.98 Å². The van der Waals surface area contributed by atoms with E-state index >= 15 is 0 Å². The van der Waals surface area contributed by atoms with Crippen LogP contribution in [0.1, 0.15) is 41.7 Å². The van der Waals surface area contributed by atoms with Gasteiger partial charge in [0, 0.05) is 31.2 Å². The molecule has 2 atom stereocenters. The summed E-state index contributed by atoms with van der Waals surface area (Å²) in [5, 5.41) is 4.27. The summed E-state index contributed by atoms with van der Waals surface area (Å²) in [6, 6.07) is 8.59. The topological polar surface area (TPSA) is 33.1 Å². The second kappa shape index (κ2) is 5.72. The highest BCUT2D eigenvalue weighted by Gasteiger charge is 2.40. The highest BCUT2D eigenvalue weighted by Crippen LogP contribution is 2.40. The van der Waals surface area contributed by atoms with Crippen molar-refractivity contribution in [3.8, 4) is 0 Å². The van der Waals surface area contributed by atoms with Crippen LogP contribution >= 0.6 is 12.2 Å². The first kappa shape index (κ1) is 15.0. The molecule has 0 aromatic carbocycles. The zero-order valence-electron chi connectivity index (χ0n) is 13.5. The quantitative estimate of drug-likeness (QED) is 0.883. The van der Waals surface area contributed by atoms with Crippen LogP contribution in [0.5, 0.6) is 0 Å². The number of rotatable bonds is 3. The molecule has 1 aliphatic heterocycles. The van der Waals surface area contributed by atoms with Crippen molar-refractivity contribution in [3.05, 3.63) is 53.1 Å². The van der Waals surface area contributed by atoms with Crippen LogP contribution in [0.3, 0.4) is 0 Å². The monoisotopic (exact) mass is 314 g/mol. The predicted octanol–water partition coefficient (Wildman–Crippen LogP) is 3.03. The van der Waals surface area contributed by atoms with Crippen molar-refractivity contribution in [1.82, 2.24) is 19.8 Å². The van der Waals surface area contributed by atoms with Crippen molar-refractivity contribution in [2.45, 2.75) is 32.9 Å². The van der Waals surface area contributed by atoms with Crippen LogP contribution in [0.25, 0.3) is 0 Å². The summed E-state index contributed by atoms with van der Waals surface area (Å²) >= 11 is 5.56. The summed E-state index contributed by atoms with van der Waals surface area (Å²) in [7, 11) is 2.11. The van der Waals surface area contributed by atoms with E-state index in [2.05, 4.69) is 59.7 Å². The summed E-state index contributed by atoms with van der Waals surface area (Å²) in [5.74, 6) is 0. The molecule has 3 heterocycles. The number of thiocarbonyl (C=S) groups is 1. The van der Waals surface area contributed by atoms with Gasteiger partial charge in [0.2, 0.25) is 0 Å². The average molecular weight is 314 g/mol. The van der Waals surface area contributed by atoms with E-state index in [1.807, 2.05) is 18.3 Å². The van der Waals surface area contributed by atoms with Crippen molar-refractivity contribution in [3.63, 3.8) is 0 Å². The standard InChI is InChI=1S/C17H22N4S/c1-5-21-16(13-10-11(2)20(4)12(13)3)15(19-17(21)22)14-8-6-7-9-18-14/h6-10,15-16H,5H2,1-4H3,(H,19,22)/t15-,16+/m0/s1. The van der Waals surface area contributed by atoms with E-state index < -0.39 is 0 Å². The molecule has 2 aromatic rings. The van der Waals surface area contributed by atoms with E-state index in [0.717, 1.165) is 17.4 Å². The van der Waals surface area contributed by atoms with E-state index in [1.54, 1.807) is 0 Å². The van der Waals surface area contributed by atoms with Gasteiger partial charge >= 0.3 is 0 Å². The molecule has 22 heavy (non-hydrogen) atoms. The molecule has 5 heteroatoms. The van der Waals surface area contributed by atoms with Gasteiger partial charge in [0.1, 0.15) is 0 Å². The lowest BCUT2D eigenvalue weighted by Gasteiger charge is -2.26. The highest BCUT2D eigenvalue weighted by atomic mass is 32.1. The van der Waals surface area contributed by atoms with Gasteiger partial charge in [-0.05, 0) is 56.8 Å². The van der Waals surface area contributed by atoms with Crippen LogP contribution in [0.2, 0.25) is 0 Å². The molecule has 1 fully saturated rings. The molecule has 1 aliphatic rings. The fourth-order valence-corrected chi connectivity index (χ4v) is 3.64. The van der Waals surface area contributed by atoms with Gasteiger partial charge in [0.05, 0.1) is 17.8 Å². The number of nitrogens with zero attached hydrogens (tertiary/aromatic N) is 3. The van der Waals surface area contributed by atoms with Crippen LogP contribution < -0.4 is 5.32 Å². The van der Waals surface area contributed by atoms with Gasteiger partial charge in [-0.1, -0.05) is 6.07 Å². The van der Waals surface area contributed by atoms with Crippen LogP contribution in [-0.2, 0) is 7.05 Å². The number of hydrogen-bond acceptors (Lipinski definition) is 2. The second-order valence-electron chi connectivity index (χ2n) is 5.80. The first-order valence-corrected chi connectivity index (χ1v) is 8.06. The number of likely N-dealkylation sites (N-methyl/N-ethyl adjacent to an activating group) is 1. The third-order valence-electron chi connectivity index (χ3n) is 4.67. The normalized spacial score (nSPS) is 21.3. The number of aryl methyl sites for hydroxylation is 1. The van der Waals surface area contributed by atoms with Crippen molar-refractivity contribution in [2.24, 2.45) is 7.05 Å². The zero-order valence-corrected chi connectivity index (χ0v) is 14.3. The van der Waals surface area contributed by atoms with Gasteiger partial charge in [-0.15, -0.1) is 0 Å². The highest BCUT2D eigenvalue weighted by molar-refractivity contribution is 7.80. The van der Waals surface area contributed by atoms with Crippen molar-refractivity contribution >= 4 is 17.3 Å². The summed E-state index contributed by atoms with van der Waals surface area (Å²) < 4.78 is 2.24. The van der Waals surface area contributed by atoms with Crippen molar-refractivity contribution in [1.29, 1.82) is 0 Å². The Balaban J connectivity index is 2.10. The lowest BCUT2D eigenvalue weighted by Crippen LogP contribution is -2.29. The first-order valence-electron chi connectivity index (χ1n) is 7.65. The minimum absolute atomic E-state index is 0.0918. The largest absolute Gasteiger partial charge is 0.352 e. The molecule has 0 amide bonds. The lowest BCUT2D eigenvalue weighted by molar-refractivity contribution is 0.329. The predicted molar refractivity (Wildman–Crippen MR) is 92.7 cm³/mol. The Bertz CT molecular complexity index is 692. The maximum absolute atomic E-state index is 5.56. The van der Waals surface area contributed by atoms with E-state index in [0.29, 0.717) is 0 Å². The van der Waals surface area contributed by atoms with Crippen LogP contribution in [0, 0.1) is 13.8 Å². The van der Waals surface area contributed by atoms with Crippen LogP contribution in [0.15, 0.2) is 30.5 Å². The Morgan fingerprint density at radius 1 is 1.32 bits per heavy atom. The Hall–Kier alpha value is -1.88. The molecule has 0 radical (unpaired) electrons. The fraction of sp³-hybridized carbons (Fsp3) is 0.412. The third kappa shape index (κ3) is 2.29. The third-order valence-corrected chi connectivity index (χ3v) is 5.02. The lowest BCUT2D eigenvalue weighted by atomic mass is 9.97. The van der Waals surface area contributed by atoms with Gasteiger partial charge in [0.15, 0.2) is 5.11 Å². The Morgan fingerprint density at radius 3 is 2.64 bits per heavy atom. The Kier molecular flexibility index (Phi) is 3.91. The number of pyridine rings is 1. The molecule has 4 nitrogen and oxygen atoms in total. The number of nitrogens with one attached hydrogen (secondary N) is 1. The maximum Gasteiger partial charge on any atom is 0.170 e. The van der Waals surface area contributed by atoms with E-state index in [1.165, 1.54) is 17.0 Å². The molecule has 2 aromatic heterocycles. The van der Waals surface area contributed by atoms with E-state index in [9.17, 15) is 0 Å². The fourth-order valence-electron chi connectivity index (χ4n) is 3.27.